The van der Waals surface area contributed by atoms with E-state index in [2.05, 4.69) is 36.3 Å². The number of halogens is 1. The summed E-state index contributed by atoms with van der Waals surface area (Å²) in [6.07, 6.45) is 3.39. The predicted molar refractivity (Wildman–Crippen MR) is 152 cm³/mol. The molecule has 6 heteroatoms. The van der Waals surface area contributed by atoms with Crippen LogP contribution in [-0.4, -0.2) is 22.7 Å². The van der Waals surface area contributed by atoms with Crippen molar-refractivity contribution in [2.75, 3.05) is 6.54 Å². The van der Waals surface area contributed by atoms with Crippen LogP contribution in [-0.2, 0) is 32.3 Å². The number of nitrogens with one attached hydrogen (secondary N) is 2. The lowest BCUT2D eigenvalue weighted by Crippen LogP contribution is -2.33. The van der Waals surface area contributed by atoms with Gasteiger partial charge in [-0.2, -0.15) is 0 Å². The molecule has 0 aliphatic heterocycles. The van der Waals surface area contributed by atoms with E-state index >= 15 is 0 Å². The van der Waals surface area contributed by atoms with Gasteiger partial charge in [-0.25, -0.2) is 0 Å². The van der Waals surface area contributed by atoms with Gasteiger partial charge in [0.2, 0.25) is 5.56 Å². The summed E-state index contributed by atoms with van der Waals surface area (Å²) < 4.78 is 6.04. The summed E-state index contributed by atoms with van der Waals surface area (Å²) in [5, 5.41) is 15.5. The topological polar surface area (TPSA) is 74.3 Å². The molecule has 4 aromatic rings. The number of pyridine rings is 1. The third-order valence-corrected chi connectivity index (χ3v) is 7.30. The second kappa shape index (κ2) is 12.0. The Morgan fingerprint density at radius 1 is 0.973 bits per heavy atom. The van der Waals surface area contributed by atoms with Crippen LogP contribution >= 0.6 is 12.4 Å². The van der Waals surface area contributed by atoms with Crippen LogP contribution < -0.4 is 15.6 Å². The molecule has 1 aromatic heterocycles. The van der Waals surface area contributed by atoms with E-state index < -0.39 is 6.10 Å². The van der Waals surface area contributed by atoms with Crippen LogP contribution in [0.15, 0.2) is 71.5 Å². The van der Waals surface area contributed by atoms with Crippen LogP contribution in [0.1, 0.15) is 53.3 Å². The molecule has 0 radical (unpaired) electrons. The first-order chi connectivity index (χ1) is 17.6. The van der Waals surface area contributed by atoms with E-state index in [1.54, 1.807) is 6.07 Å². The fraction of sp³-hybridized carbons (Fsp3) is 0.323. The van der Waals surface area contributed by atoms with Gasteiger partial charge in [0.1, 0.15) is 12.4 Å². The van der Waals surface area contributed by atoms with E-state index in [1.807, 2.05) is 42.5 Å². The minimum absolute atomic E-state index is 0. The summed E-state index contributed by atoms with van der Waals surface area (Å²) >= 11 is 0. The molecule has 1 atom stereocenters. The lowest BCUT2D eigenvalue weighted by Gasteiger charge is -2.19. The van der Waals surface area contributed by atoms with Gasteiger partial charge in [-0.1, -0.05) is 62.4 Å². The van der Waals surface area contributed by atoms with Gasteiger partial charge < -0.3 is 20.1 Å². The van der Waals surface area contributed by atoms with Crippen LogP contribution in [0.4, 0.5) is 0 Å². The third-order valence-electron chi connectivity index (χ3n) is 7.30. The monoisotopic (exact) mass is 518 g/mol. The largest absolute Gasteiger partial charge is 0.487 e. The van der Waals surface area contributed by atoms with Crippen molar-refractivity contribution in [3.8, 4) is 5.75 Å². The number of aryl methyl sites for hydroxylation is 2. The van der Waals surface area contributed by atoms with Crippen LogP contribution in [0, 0.1) is 0 Å². The van der Waals surface area contributed by atoms with Gasteiger partial charge in [-0.05, 0) is 71.2 Å². The molecular formula is C31H35ClN2O3. The Balaban J connectivity index is 0.00000320. The third kappa shape index (κ3) is 5.90. The lowest BCUT2D eigenvalue weighted by atomic mass is 9.97. The van der Waals surface area contributed by atoms with Gasteiger partial charge in [0, 0.05) is 24.0 Å². The standard InChI is InChI=1S/C31H34N2O3.ClH/c1-3-21-14-23-16-25(17-24(23)15-22(21)4-2)32-18-28(34)26-10-12-29(31-27(26)11-13-30(35)33-31)36-19-20-8-6-5-7-9-20;/h5-15,25,28,32,34H,3-4,16-19H2,1-2H3,(H,33,35);1H/t28-;/m0./s1. The van der Waals surface area contributed by atoms with E-state index in [0.29, 0.717) is 30.5 Å². The van der Waals surface area contributed by atoms with Gasteiger partial charge in [0.25, 0.3) is 0 Å². The van der Waals surface area contributed by atoms with Crippen LogP contribution in [0.2, 0.25) is 0 Å². The van der Waals surface area contributed by atoms with Crippen molar-refractivity contribution >= 4 is 23.3 Å². The molecule has 5 rings (SSSR count). The fourth-order valence-electron chi connectivity index (χ4n) is 5.36. The number of aliphatic hydroxyl groups excluding tert-OH is 1. The summed E-state index contributed by atoms with van der Waals surface area (Å²) in [5.74, 6) is 0.597. The number of aliphatic hydroxyl groups is 1. The van der Waals surface area contributed by atoms with Crippen molar-refractivity contribution in [2.24, 2.45) is 0 Å². The average molecular weight is 519 g/mol. The normalized spacial score (nSPS) is 13.8. The summed E-state index contributed by atoms with van der Waals surface area (Å²) in [4.78, 5) is 15.0. The van der Waals surface area contributed by atoms with Crippen molar-refractivity contribution in [3.05, 3.63) is 110 Å². The highest BCUT2D eigenvalue weighted by molar-refractivity contribution is 5.87. The van der Waals surface area contributed by atoms with E-state index in [-0.39, 0.29) is 18.0 Å². The molecule has 3 aromatic carbocycles. The Labute approximate surface area is 224 Å². The van der Waals surface area contributed by atoms with Gasteiger partial charge in [0.05, 0.1) is 11.6 Å². The van der Waals surface area contributed by atoms with Gasteiger partial charge in [-0.3, -0.25) is 4.79 Å². The molecule has 0 saturated heterocycles. The number of ether oxygens (including phenoxy) is 1. The predicted octanol–water partition coefficient (Wildman–Crippen LogP) is 5.44. The summed E-state index contributed by atoms with van der Waals surface area (Å²) in [6.45, 7) is 5.28. The first-order valence-electron chi connectivity index (χ1n) is 12.9. The van der Waals surface area contributed by atoms with Crippen LogP contribution in [0.25, 0.3) is 10.9 Å². The summed E-state index contributed by atoms with van der Waals surface area (Å²) in [7, 11) is 0. The maximum atomic E-state index is 12.1. The molecule has 0 unspecified atom stereocenters. The second-order valence-electron chi connectivity index (χ2n) is 9.66. The molecule has 5 nitrogen and oxygen atoms in total. The molecule has 3 N–H and O–H groups in total. The highest BCUT2D eigenvalue weighted by Gasteiger charge is 2.24. The van der Waals surface area contributed by atoms with E-state index in [9.17, 15) is 9.90 Å². The Morgan fingerprint density at radius 2 is 1.65 bits per heavy atom. The molecule has 194 valence electrons. The maximum absolute atomic E-state index is 12.1. The quantitative estimate of drug-likeness (QED) is 0.276. The van der Waals surface area contributed by atoms with Crippen LogP contribution in [0.3, 0.4) is 0 Å². The smallest absolute Gasteiger partial charge is 0.248 e. The molecule has 1 heterocycles. The molecule has 0 saturated carbocycles. The van der Waals surface area contributed by atoms with Crippen molar-refractivity contribution < 1.29 is 9.84 Å². The number of aromatic nitrogens is 1. The number of benzene rings is 3. The first-order valence-corrected chi connectivity index (χ1v) is 12.9. The van der Waals surface area contributed by atoms with Gasteiger partial charge in [-0.15, -0.1) is 12.4 Å². The van der Waals surface area contributed by atoms with E-state index in [4.69, 9.17) is 4.74 Å². The zero-order chi connectivity index (χ0) is 25.1. The number of aromatic amines is 1. The van der Waals surface area contributed by atoms with Crippen molar-refractivity contribution in [2.45, 2.75) is 58.3 Å². The molecule has 0 spiro atoms. The number of fused-ring (bicyclic) bond motifs is 2. The molecule has 37 heavy (non-hydrogen) atoms. The minimum atomic E-state index is -0.706. The summed E-state index contributed by atoms with van der Waals surface area (Å²) in [5.41, 5.74) is 8.00. The highest BCUT2D eigenvalue weighted by Crippen LogP contribution is 2.31. The second-order valence-corrected chi connectivity index (χ2v) is 9.66. The Hall–Kier alpha value is -3.12. The van der Waals surface area contributed by atoms with Crippen molar-refractivity contribution in [3.63, 3.8) is 0 Å². The maximum Gasteiger partial charge on any atom is 0.248 e. The molecule has 1 aliphatic rings. The highest BCUT2D eigenvalue weighted by atomic mass is 35.5. The zero-order valence-electron chi connectivity index (χ0n) is 21.4. The Kier molecular flexibility index (Phi) is 8.70. The zero-order valence-corrected chi connectivity index (χ0v) is 22.2. The number of H-pyrrole nitrogens is 1. The van der Waals surface area contributed by atoms with Crippen LogP contribution in [0.5, 0.6) is 5.75 Å². The molecule has 1 aliphatic carbocycles. The minimum Gasteiger partial charge on any atom is -0.487 e. The van der Waals surface area contributed by atoms with Crippen molar-refractivity contribution in [1.82, 2.24) is 10.3 Å². The molecule has 0 fully saturated rings. The number of hydrogen-bond acceptors (Lipinski definition) is 4. The van der Waals surface area contributed by atoms with E-state index in [0.717, 1.165) is 42.2 Å². The number of hydrogen-bond donors (Lipinski definition) is 3. The summed E-state index contributed by atoms with van der Waals surface area (Å²) in [6, 6.07) is 22.0. The number of rotatable bonds is 9. The average Bonchev–Trinajstić information content (AvgIpc) is 3.31. The molecule has 0 amide bonds. The van der Waals surface area contributed by atoms with Gasteiger partial charge in [0.15, 0.2) is 0 Å². The SMILES string of the molecule is CCc1cc2c(cc1CC)CC(NC[C@H](O)c1ccc(OCc3ccccc3)c3[nH]c(=O)ccc13)C2.Cl. The van der Waals surface area contributed by atoms with Crippen molar-refractivity contribution in [1.29, 1.82) is 0 Å². The Bertz CT molecular complexity index is 1380. The van der Waals surface area contributed by atoms with E-state index in [1.165, 1.54) is 28.3 Å². The molecular weight excluding hydrogens is 484 g/mol. The molecule has 0 bridgehead atoms. The fourth-order valence-corrected chi connectivity index (χ4v) is 5.36. The Morgan fingerprint density at radius 3 is 2.30 bits per heavy atom. The first kappa shape index (κ1) is 26.9. The van der Waals surface area contributed by atoms with Gasteiger partial charge >= 0.3 is 0 Å². The lowest BCUT2D eigenvalue weighted by molar-refractivity contribution is 0.171.